The van der Waals surface area contributed by atoms with E-state index in [0.717, 1.165) is 5.56 Å². The summed E-state index contributed by atoms with van der Waals surface area (Å²) < 4.78 is 25.9. The molecule has 4 nitrogen and oxygen atoms in total. The minimum absolute atomic E-state index is 0.00601. The van der Waals surface area contributed by atoms with Gasteiger partial charge in [-0.15, -0.1) is 0 Å². The third-order valence-corrected chi connectivity index (χ3v) is 5.94. The maximum absolute atomic E-state index is 12.3. The number of benzene rings is 1. The lowest BCUT2D eigenvalue weighted by Crippen LogP contribution is -2.42. The van der Waals surface area contributed by atoms with Crippen LogP contribution in [0.2, 0.25) is 5.02 Å². The van der Waals surface area contributed by atoms with E-state index in [1.54, 1.807) is 25.1 Å². The highest BCUT2D eigenvalue weighted by Crippen LogP contribution is 2.20. The Morgan fingerprint density at radius 2 is 2.05 bits per heavy atom. The predicted molar refractivity (Wildman–Crippen MR) is 82.7 cm³/mol. The molecule has 1 aromatic carbocycles. The number of thiocarbonyl (C=S) groups is 1. The zero-order chi connectivity index (χ0) is 14.6. The Balaban J connectivity index is 2.97. The van der Waals surface area contributed by atoms with Gasteiger partial charge in [0, 0.05) is 18.6 Å². The van der Waals surface area contributed by atoms with Crippen molar-refractivity contribution in [3.63, 3.8) is 0 Å². The van der Waals surface area contributed by atoms with Gasteiger partial charge in [-0.3, -0.25) is 0 Å². The molecule has 0 fully saturated rings. The Bertz CT molecular complexity index is 561. The SMILES string of the molecule is CCC(C(N)=S)S(=O)(=O)N(C)Cc1ccccc1Cl. The zero-order valence-electron chi connectivity index (χ0n) is 10.8. The van der Waals surface area contributed by atoms with Gasteiger partial charge in [0.05, 0.1) is 4.99 Å². The molecule has 0 aromatic heterocycles. The average Bonchev–Trinajstić information content (AvgIpc) is 2.31. The van der Waals surface area contributed by atoms with Crippen molar-refractivity contribution in [2.75, 3.05) is 7.05 Å². The normalized spacial score (nSPS) is 13.5. The van der Waals surface area contributed by atoms with Crippen LogP contribution in [0.1, 0.15) is 18.9 Å². The van der Waals surface area contributed by atoms with E-state index >= 15 is 0 Å². The molecule has 1 rings (SSSR count). The van der Waals surface area contributed by atoms with Crippen molar-refractivity contribution in [1.82, 2.24) is 4.31 Å². The van der Waals surface area contributed by atoms with Crippen LogP contribution in [0, 0.1) is 0 Å². The second-order valence-corrected chi connectivity index (χ2v) is 7.29. The first kappa shape index (κ1) is 16.4. The molecule has 0 heterocycles. The van der Waals surface area contributed by atoms with Gasteiger partial charge in [-0.05, 0) is 18.1 Å². The molecule has 1 aromatic rings. The second kappa shape index (κ2) is 6.65. The van der Waals surface area contributed by atoms with Gasteiger partial charge in [-0.1, -0.05) is 48.9 Å². The van der Waals surface area contributed by atoms with Crippen LogP contribution in [0.5, 0.6) is 0 Å². The number of rotatable bonds is 6. The number of nitrogens with zero attached hydrogens (tertiary/aromatic N) is 1. The summed E-state index contributed by atoms with van der Waals surface area (Å²) in [6.07, 6.45) is 0.352. The van der Waals surface area contributed by atoms with Crippen molar-refractivity contribution in [3.05, 3.63) is 34.9 Å². The Hall–Kier alpha value is -0.690. The fourth-order valence-corrected chi connectivity index (χ4v) is 3.93. The molecule has 7 heteroatoms. The first-order valence-electron chi connectivity index (χ1n) is 5.78. The Kier molecular flexibility index (Phi) is 5.73. The molecule has 1 atom stereocenters. The molecule has 1 unspecified atom stereocenters. The monoisotopic (exact) mass is 320 g/mol. The molecule has 0 bridgehead atoms. The van der Waals surface area contributed by atoms with Crippen molar-refractivity contribution in [2.45, 2.75) is 25.1 Å². The lowest BCUT2D eigenvalue weighted by atomic mass is 10.2. The van der Waals surface area contributed by atoms with Crippen molar-refractivity contribution in [1.29, 1.82) is 0 Å². The van der Waals surface area contributed by atoms with Gasteiger partial charge in [0.25, 0.3) is 0 Å². The van der Waals surface area contributed by atoms with Crippen LogP contribution >= 0.6 is 23.8 Å². The lowest BCUT2D eigenvalue weighted by molar-refractivity contribution is 0.461. The predicted octanol–water partition coefficient (Wildman–Crippen LogP) is 2.17. The average molecular weight is 321 g/mol. The van der Waals surface area contributed by atoms with Gasteiger partial charge in [-0.2, -0.15) is 4.31 Å². The van der Waals surface area contributed by atoms with Crippen molar-refractivity contribution >= 4 is 38.8 Å². The summed E-state index contributed by atoms with van der Waals surface area (Å²) in [7, 11) is -2.06. The lowest BCUT2D eigenvalue weighted by Gasteiger charge is -2.23. The van der Waals surface area contributed by atoms with E-state index in [1.807, 2.05) is 6.07 Å². The Morgan fingerprint density at radius 1 is 1.47 bits per heavy atom. The van der Waals surface area contributed by atoms with E-state index in [9.17, 15) is 8.42 Å². The molecule has 19 heavy (non-hydrogen) atoms. The maximum atomic E-state index is 12.3. The van der Waals surface area contributed by atoms with E-state index < -0.39 is 15.3 Å². The highest BCUT2D eigenvalue weighted by molar-refractivity contribution is 7.92. The van der Waals surface area contributed by atoms with Crippen LogP contribution < -0.4 is 5.73 Å². The fourth-order valence-electron chi connectivity index (χ4n) is 1.73. The van der Waals surface area contributed by atoms with Gasteiger partial charge < -0.3 is 5.73 Å². The van der Waals surface area contributed by atoms with Gasteiger partial charge >= 0.3 is 0 Å². The molecule has 0 aliphatic carbocycles. The third-order valence-electron chi connectivity index (χ3n) is 2.83. The summed E-state index contributed by atoms with van der Waals surface area (Å²) in [4.78, 5) is -0.00601. The minimum Gasteiger partial charge on any atom is -0.392 e. The smallest absolute Gasteiger partial charge is 0.223 e. The molecular formula is C12H17ClN2O2S2. The first-order chi connectivity index (χ1) is 8.80. The van der Waals surface area contributed by atoms with E-state index in [4.69, 9.17) is 29.6 Å². The summed E-state index contributed by atoms with van der Waals surface area (Å²) in [6.45, 7) is 1.94. The first-order valence-corrected chi connectivity index (χ1v) is 8.07. The number of hydrogen-bond donors (Lipinski definition) is 1. The summed E-state index contributed by atoms with van der Waals surface area (Å²) in [5, 5.41) is -0.303. The van der Waals surface area contributed by atoms with Crippen LogP contribution in [0.3, 0.4) is 0 Å². The standard InChI is InChI=1S/C12H17ClN2O2S2/c1-3-11(12(14)18)19(16,17)15(2)8-9-6-4-5-7-10(9)13/h4-7,11H,3,8H2,1-2H3,(H2,14,18). The zero-order valence-corrected chi connectivity index (χ0v) is 13.2. The summed E-state index contributed by atoms with van der Waals surface area (Å²) in [6, 6.07) is 7.12. The van der Waals surface area contributed by atoms with E-state index in [0.29, 0.717) is 11.4 Å². The van der Waals surface area contributed by atoms with E-state index in [1.165, 1.54) is 11.4 Å². The molecule has 0 saturated carbocycles. The quantitative estimate of drug-likeness (QED) is 0.816. The van der Waals surface area contributed by atoms with Crippen molar-refractivity contribution < 1.29 is 8.42 Å². The van der Waals surface area contributed by atoms with Crippen LogP contribution in [0.15, 0.2) is 24.3 Å². The van der Waals surface area contributed by atoms with Crippen molar-refractivity contribution in [2.24, 2.45) is 5.73 Å². The van der Waals surface area contributed by atoms with Crippen LogP contribution in [-0.4, -0.2) is 30.0 Å². The largest absolute Gasteiger partial charge is 0.392 e. The Morgan fingerprint density at radius 3 is 2.53 bits per heavy atom. The fraction of sp³-hybridized carbons (Fsp3) is 0.417. The molecule has 0 aliphatic heterocycles. The van der Waals surface area contributed by atoms with Crippen LogP contribution in [0.4, 0.5) is 0 Å². The number of hydrogen-bond acceptors (Lipinski definition) is 3. The molecule has 0 spiro atoms. The van der Waals surface area contributed by atoms with Crippen molar-refractivity contribution in [3.8, 4) is 0 Å². The minimum atomic E-state index is -3.56. The summed E-state index contributed by atoms with van der Waals surface area (Å²) >= 11 is 10.8. The van der Waals surface area contributed by atoms with Gasteiger partial charge in [0.15, 0.2) is 0 Å². The Labute approximate surface area is 124 Å². The van der Waals surface area contributed by atoms with E-state index in [2.05, 4.69) is 0 Å². The number of sulfonamides is 1. The van der Waals surface area contributed by atoms with Gasteiger partial charge in [0.2, 0.25) is 10.0 Å². The second-order valence-electron chi connectivity index (χ2n) is 4.19. The third kappa shape index (κ3) is 3.89. The highest BCUT2D eigenvalue weighted by atomic mass is 35.5. The number of nitrogens with two attached hydrogens (primary N) is 1. The molecule has 2 N–H and O–H groups in total. The summed E-state index contributed by atoms with van der Waals surface area (Å²) in [5.41, 5.74) is 6.24. The molecular weight excluding hydrogens is 304 g/mol. The summed E-state index contributed by atoms with van der Waals surface area (Å²) in [5.74, 6) is 0. The van der Waals surface area contributed by atoms with E-state index in [-0.39, 0.29) is 11.5 Å². The maximum Gasteiger partial charge on any atom is 0.223 e. The molecule has 0 amide bonds. The van der Waals surface area contributed by atoms with Crippen LogP contribution in [-0.2, 0) is 16.6 Å². The van der Waals surface area contributed by atoms with Gasteiger partial charge in [-0.25, -0.2) is 8.42 Å². The topological polar surface area (TPSA) is 63.4 Å². The molecule has 0 aliphatic rings. The van der Waals surface area contributed by atoms with Crippen LogP contribution in [0.25, 0.3) is 0 Å². The van der Waals surface area contributed by atoms with Gasteiger partial charge in [0.1, 0.15) is 5.25 Å². The molecule has 106 valence electrons. The molecule has 0 radical (unpaired) electrons. The highest BCUT2D eigenvalue weighted by Gasteiger charge is 2.30. The number of halogens is 1. The molecule has 0 saturated heterocycles.